The summed E-state index contributed by atoms with van der Waals surface area (Å²) in [4.78, 5) is 8.59. The molecule has 0 saturated carbocycles. The number of sulfonamides is 1. The summed E-state index contributed by atoms with van der Waals surface area (Å²) in [5, 5.41) is 3.08. The molecule has 8 heteroatoms. The van der Waals surface area contributed by atoms with Gasteiger partial charge in [0.05, 0.1) is 12.3 Å². The molecule has 128 valence electrons. The summed E-state index contributed by atoms with van der Waals surface area (Å²) in [6.07, 6.45) is 2.53. The standard InChI is InChI=1S/C16H20N4O3S/c1-12-8-13(17-2)9-15(19-12)16-11-20(6-7-23-16)24(21,22)14-4-3-5-18-10-14/h3-5,8-10,16H,6-7,11H2,1-2H3,(H,17,19)/t16-/m0/s1. The van der Waals surface area contributed by atoms with Crippen LogP contribution in [0.2, 0.25) is 0 Å². The topological polar surface area (TPSA) is 84.4 Å². The van der Waals surface area contributed by atoms with Crippen molar-refractivity contribution < 1.29 is 13.2 Å². The van der Waals surface area contributed by atoms with E-state index in [2.05, 4.69) is 15.3 Å². The van der Waals surface area contributed by atoms with Crippen molar-refractivity contribution in [2.75, 3.05) is 32.1 Å². The molecule has 1 aliphatic heterocycles. The van der Waals surface area contributed by atoms with Crippen LogP contribution in [0.5, 0.6) is 0 Å². The second kappa shape index (κ2) is 6.84. The first-order valence-electron chi connectivity index (χ1n) is 7.69. The fourth-order valence-corrected chi connectivity index (χ4v) is 4.06. The molecule has 0 radical (unpaired) electrons. The van der Waals surface area contributed by atoms with E-state index in [1.807, 2.05) is 26.1 Å². The van der Waals surface area contributed by atoms with Gasteiger partial charge in [0.2, 0.25) is 10.0 Å². The Balaban J connectivity index is 1.86. The fourth-order valence-electron chi connectivity index (χ4n) is 2.68. The van der Waals surface area contributed by atoms with Crippen LogP contribution in [0, 0.1) is 6.92 Å². The number of nitrogens with zero attached hydrogens (tertiary/aromatic N) is 3. The smallest absolute Gasteiger partial charge is 0.244 e. The Morgan fingerprint density at radius 3 is 2.92 bits per heavy atom. The predicted octanol–water partition coefficient (Wildman–Crippen LogP) is 1.59. The molecule has 0 aromatic carbocycles. The van der Waals surface area contributed by atoms with Crippen molar-refractivity contribution in [2.24, 2.45) is 0 Å². The SMILES string of the molecule is CNc1cc(C)nc([C@@H]2CN(S(=O)(=O)c3cccnc3)CCO2)c1. The Morgan fingerprint density at radius 2 is 2.21 bits per heavy atom. The highest BCUT2D eigenvalue weighted by Crippen LogP contribution is 2.27. The molecule has 0 amide bonds. The molecule has 0 spiro atoms. The molecule has 3 rings (SSSR count). The lowest BCUT2D eigenvalue weighted by atomic mass is 10.1. The molecule has 7 nitrogen and oxygen atoms in total. The van der Waals surface area contributed by atoms with Gasteiger partial charge in [0.25, 0.3) is 0 Å². The van der Waals surface area contributed by atoms with Crippen LogP contribution in [0.4, 0.5) is 5.69 Å². The van der Waals surface area contributed by atoms with Gasteiger partial charge in [0, 0.05) is 43.9 Å². The number of rotatable bonds is 4. The summed E-state index contributed by atoms with van der Waals surface area (Å²) in [6.45, 7) is 2.78. The van der Waals surface area contributed by atoms with Gasteiger partial charge >= 0.3 is 0 Å². The lowest BCUT2D eigenvalue weighted by Crippen LogP contribution is -2.42. The monoisotopic (exact) mass is 348 g/mol. The molecule has 1 aliphatic rings. The molecule has 0 unspecified atom stereocenters. The average molecular weight is 348 g/mol. The number of morpholine rings is 1. The molecule has 1 N–H and O–H groups in total. The summed E-state index contributed by atoms with van der Waals surface area (Å²) in [5.74, 6) is 0. The predicted molar refractivity (Wildman–Crippen MR) is 90.2 cm³/mol. The van der Waals surface area contributed by atoms with Crippen molar-refractivity contribution in [2.45, 2.75) is 17.9 Å². The van der Waals surface area contributed by atoms with E-state index in [0.29, 0.717) is 13.2 Å². The minimum absolute atomic E-state index is 0.193. The third kappa shape index (κ3) is 3.40. The zero-order valence-corrected chi connectivity index (χ0v) is 14.5. The third-order valence-corrected chi connectivity index (χ3v) is 5.74. The van der Waals surface area contributed by atoms with Gasteiger partial charge in [-0.15, -0.1) is 0 Å². The van der Waals surface area contributed by atoms with Gasteiger partial charge in [-0.3, -0.25) is 9.97 Å². The second-order valence-corrected chi connectivity index (χ2v) is 7.52. The molecule has 2 aromatic rings. The number of anilines is 1. The van der Waals surface area contributed by atoms with Gasteiger partial charge in [0.15, 0.2) is 0 Å². The van der Waals surface area contributed by atoms with E-state index < -0.39 is 16.1 Å². The van der Waals surface area contributed by atoms with Crippen molar-refractivity contribution in [3.8, 4) is 0 Å². The van der Waals surface area contributed by atoms with Crippen molar-refractivity contribution in [3.05, 3.63) is 48.0 Å². The minimum atomic E-state index is -3.58. The molecule has 3 heterocycles. The molecule has 1 atom stereocenters. The van der Waals surface area contributed by atoms with E-state index in [1.54, 1.807) is 18.3 Å². The van der Waals surface area contributed by atoms with Gasteiger partial charge in [-0.2, -0.15) is 4.31 Å². The van der Waals surface area contributed by atoms with Crippen molar-refractivity contribution in [1.82, 2.24) is 14.3 Å². The Morgan fingerprint density at radius 1 is 1.38 bits per heavy atom. The summed E-state index contributed by atoms with van der Waals surface area (Å²) in [6, 6.07) is 6.98. The highest BCUT2D eigenvalue weighted by atomic mass is 32.2. The van der Waals surface area contributed by atoms with Crippen LogP contribution in [0.1, 0.15) is 17.5 Å². The van der Waals surface area contributed by atoms with Gasteiger partial charge in [-0.25, -0.2) is 8.42 Å². The van der Waals surface area contributed by atoms with E-state index in [9.17, 15) is 8.42 Å². The number of pyridine rings is 2. The van der Waals surface area contributed by atoms with Crippen molar-refractivity contribution in [1.29, 1.82) is 0 Å². The first-order valence-corrected chi connectivity index (χ1v) is 9.13. The average Bonchev–Trinajstić information content (AvgIpc) is 2.62. The quantitative estimate of drug-likeness (QED) is 0.903. The maximum atomic E-state index is 12.8. The van der Waals surface area contributed by atoms with Crippen LogP contribution in [0.3, 0.4) is 0 Å². The molecule has 2 aromatic heterocycles. The maximum Gasteiger partial charge on any atom is 0.244 e. The molecule has 1 fully saturated rings. The lowest BCUT2D eigenvalue weighted by Gasteiger charge is -2.32. The highest BCUT2D eigenvalue weighted by Gasteiger charge is 2.32. The number of aromatic nitrogens is 2. The van der Waals surface area contributed by atoms with Crippen LogP contribution in [-0.2, 0) is 14.8 Å². The Hall–Kier alpha value is -2.03. The Kier molecular flexibility index (Phi) is 4.79. The summed E-state index contributed by atoms with van der Waals surface area (Å²) < 4.78 is 32.7. The highest BCUT2D eigenvalue weighted by molar-refractivity contribution is 7.89. The van der Waals surface area contributed by atoms with Crippen LogP contribution < -0.4 is 5.32 Å². The zero-order valence-electron chi connectivity index (χ0n) is 13.6. The Labute approximate surface area is 141 Å². The number of hydrogen-bond donors (Lipinski definition) is 1. The lowest BCUT2D eigenvalue weighted by molar-refractivity contribution is -0.00497. The first kappa shape index (κ1) is 16.8. The summed E-state index contributed by atoms with van der Waals surface area (Å²) in [7, 11) is -1.75. The largest absolute Gasteiger partial charge is 0.388 e. The van der Waals surface area contributed by atoms with Crippen LogP contribution in [0.25, 0.3) is 0 Å². The second-order valence-electron chi connectivity index (χ2n) is 5.58. The number of ether oxygens (including phenoxy) is 1. The van der Waals surface area contributed by atoms with E-state index in [4.69, 9.17) is 4.74 Å². The fraction of sp³-hybridized carbons (Fsp3) is 0.375. The van der Waals surface area contributed by atoms with Gasteiger partial charge < -0.3 is 10.1 Å². The maximum absolute atomic E-state index is 12.8. The number of aryl methyl sites for hydroxylation is 1. The minimum Gasteiger partial charge on any atom is -0.388 e. The summed E-state index contributed by atoms with van der Waals surface area (Å²) in [5.41, 5.74) is 2.51. The van der Waals surface area contributed by atoms with Crippen molar-refractivity contribution in [3.63, 3.8) is 0 Å². The zero-order chi connectivity index (χ0) is 17.2. The third-order valence-electron chi connectivity index (χ3n) is 3.89. The molecular weight excluding hydrogens is 328 g/mol. The van der Waals surface area contributed by atoms with E-state index in [-0.39, 0.29) is 11.4 Å². The van der Waals surface area contributed by atoms with Crippen molar-refractivity contribution >= 4 is 15.7 Å². The molecule has 0 aliphatic carbocycles. The Bertz CT molecular complexity index is 811. The normalized spacial score (nSPS) is 19.2. The number of nitrogens with one attached hydrogen (secondary N) is 1. The molecule has 0 bridgehead atoms. The first-order chi connectivity index (χ1) is 11.5. The molecule has 24 heavy (non-hydrogen) atoms. The van der Waals surface area contributed by atoms with Gasteiger partial charge in [-0.05, 0) is 31.2 Å². The summed E-state index contributed by atoms with van der Waals surface area (Å²) >= 11 is 0. The van der Waals surface area contributed by atoms with E-state index >= 15 is 0 Å². The van der Waals surface area contributed by atoms with Crippen LogP contribution in [-0.4, -0.2) is 49.4 Å². The van der Waals surface area contributed by atoms with Gasteiger partial charge in [-0.1, -0.05) is 0 Å². The van der Waals surface area contributed by atoms with Crippen LogP contribution in [0.15, 0.2) is 41.6 Å². The van der Waals surface area contributed by atoms with E-state index in [0.717, 1.165) is 17.1 Å². The molecule has 1 saturated heterocycles. The van der Waals surface area contributed by atoms with Gasteiger partial charge in [0.1, 0.15) is 11.0 Å². The van der Waals surface area contributed by atoms with Crippen LogP contribution >= 0.6 is 0 Å². The molecular formula is C16H20N4O3S. The number of hydrogen-bond acceptors (Lipinski definition) is 6. The van der Waals surface area contributed by atoms with E-state index in [1.165, 1.54) is 10.5 Å².